The number of aliphatic hydroxyl groups is 2. The van der Waals surface area contributed by atoms with Gasteiger partial charge in [-0.1, -0.05) is 0 Å². The van der Waals surface area contributed by atoms with Gasteiger partial charge in [-0.15, -0.1) is 0 Å². The smallest absolute Gasteiger partial charge is 0.352 e. The predicted molar refractivity (Wildman–Crippen MR) is 59.3 cm³/mol. The van der Waals surface area contributed by atoms with Crippen molar-refractivity contribution in [2.75, 3.05) is 12.3 Å². The number of hydrogen-bond donors (Lipinski definition) is 3. The van der Waals surface area contributed by atoms with Crippen LogP contribution in [0.1, 0.15) is 13.2 Å². The van der Waals surface area contributed by atoms with E-state index in [1.165, 1.54) is 12.3 Å². The van der Waals surface area contributed by atoms with Gasteiger partial charge >= 0.3 is 5.69 Å². The van der Waals surface area contributed by atoms with E-state index in [9.17, 15) is 14.3 Å². The van der Waals surface area contributed by atoms with Crippen molar-refractivity contribution in [1.82, 2.24) is 9.55 Å². The van der Waals surface area contributed by atoms with E-state index in [1.54, 1.807) is 0 Å². The summed E-state index contributed by atoms with van der Waals surface area (Å²) in [6.45, 7) is 0.372. The van der Waals surface area contributed by atoms with Crippen LogP contribution in [0, 0.1) is 0 Å². The molecule has 0 saturated carbocycles. The summed E-state index contributed by atoms with van der Waals surface area (Å²) in [7, 11) is 0. The summed E-state index contributed by atoms with van der Waals surface area (Å²) in [5, 5.41) is 18.5. The number of anilines is 1. The highest BCUT2D eigenvalue weighted by Crippen LogP contribution is 2.42. The maximum Gasteiger partial charge on any atom is 0.352 e. The van der Waals surface area contributed by atoms with Crippen LogP contribution in [0.2, 0.25) is 0 Å². The van der Waals surface area contributed by atoms with Gasteiger partial charge in [0.2, 0.25) is 11.9 Å². The van der Waals surface area contributed by atoms with Crippen molar-refractivity contribution in [2.45, 2.75) is 18.8 Å². The van der Waals surface area contributed by atoms with Gasteiger partial charge in [0, 0.05) is 6.20 Å². The third-order valence-corrected chi connectivity index (χ3v) is 2.69. The van der Waals surface area contributed by atoms with E-state index in [0.717, 1.165) is 11.5 Å². The molecule has 2 atom stereocenters. The van der Waals surface area contributed by atoms with Gasteiger partial charge in [0.05, 0.1) is 0 Å². The zero-order chi connectivity index (χ0) is 13.5. The Morgan fingerprint density at radius 2 is 2.39 bits per heavy atom. The van der Waals surface area contributed by atoms with Crippen LogP contribution in [0.3, 0.4) is 0 Å². The van der Waals surface area contributed by atoms with Crippen molar-refractivity contribution >= 4 is 5.82 Å². The summed E-state index contributed by atoms with van der Waals surface area (Å²) in [4.78, 5) is 15.0. The van der Waals surface area contributed by atoms with Crippen LogP contribution in [-0.2, 0) is 4.74 Å². The molecule has 0 spiro atoms. The molecule has 0 aliphatic carbocycles. The monoisotopic (exact) mass is 257 g/mol. The molecule has 1 aromatic heterocycles. The van der Waals surface area contributed by atoms with Crippen LogP contribution in [-0.4, -0.2) is 32.0 Å². The van der Waals surface area contributed by atoms with Crippen molar-refractivity contribution < 1.29 is 19.3 Å². The summed E-state index contributed by atoms with van der Waals surface area (Å²) in [5.41, 5.74) is 2.17. The lowest BCUT2D eigenvalue weighted by atomic mass is 10.1. The Morgan fingerprint density at radius 3 is 2.89 bits per heavy atom. The zero-order valence-electron chi connectivity index (χ0n) is 9.50. The Morgan fingerprint density at radius 1 is 1.72 bits per heavy atom. The van der Waals surface area contributed by atoms with E-state index in [4.69, 9.17) is 15.6 Å². The van der Waals surface area contributed by atoms with Gasteiger partial charge in [-0.05, 0) is 13.0 Å². The van der Waals surface area contributed by atoms with Crippen LogP contribution >= 0.6 is 0 Å². The molecule has 18 heavy (non-hydrogen) atoms. The fraction of sp³-hybridized carbons (Fsp3) is 0.400. The molecule has 7 nitrogen and oxygen atoms in total. The Bertz CT molecular complexity index is 566. The number of alkyl halides is 1. The van der Waals surface area contributed by atoms with Crippen molar-refractivity contribution in [2.24, 2.45) is 0 Å². The van der Waals surface area contributed by atoms with Crippen molar-refractivity contribution in [3.8, 4) is 0 Å². The summed E-state index contributed by atoms with van der Waals surface area (Å²) < 4.78 is 20.2. The summed E-state index contributed by atoms with van der Waals surface area (Å²) in [6, 6.07) is 1.30. The second-order valence-electron chi connectivity index (χ2n) is 4.02. The maximum absolute atomic E-state index is 14.3. The molecule has 0 radical (unpaired) electrons. The lowest BCUT2D eigenvalue weighted by molar-refractivity contribution is -0.0308. The van der Waals surface area contributed by atoms with Gasteiger partial charge in [0.15, 0.2) is 11.5 Å². The molecule has 0 saturated heterocycles. The van der Waals surface area contributed by atoms with Crippen molar-refractivity contribution in [1.29, 1.82) is 0 Å². The number of ether oxygens (including phenoxy) is 1. The molecule has 1 aromatic rings. The van der Waals surface area contributed by atoms with E-state index < -0.39 is 30.0 Å². The lowest BCUT2D eigenvalue weighted by Crippen LogP contribution is -2.37. The second-order valence-corrected chi connectivity index (χ2v) is 4.02. The second kappa shape index (κ2) is 3.98. The number of nitrogen functional groups attached to an aromatic ring is 1. The fourth-order valence-electron chi connectivity index (χ4n) is 1.73. The minimum Gasteiger partial charge on any atom is -0.506 e. The zero-order valence-corrected chi connectivity index (χ0v) is 9.50. The number of halogens is 1. The largest absolute Gasteiger partial charge is 0.506 e. The first-order valence-electron chi connectivity index (χ1n) is 5.11. The number of aliphatic hydroxyl groups excluding tert-OH is 2. The summed E-state index contributed by atoms with van der Waals surface area (Å²) >= 11 is 0. The highest BCUT2D eigenvalue weighted by atomic mass is 19.1. The van der Waals surface area contributed by atoms with Gasteiger partial charge in [0.25, 0.3) is 0 Å². The van der Waals surface area contributed by atoms with E-state index in [2.05, 4.69) is 4.98 Å². The highest BCUT2D eigenvalue weighted by molar-refractivity contribution is 5.25. The van der Waals surface area contributed by atoms with Gasteiger partial charge in [0.1, 0.15) is 12.4 Å². The number of nitrogens with two attached hydrogens (primary N) is 1. The third kappa shape index (κ3) is 1.70. The van der Waals surface area contributed by atoms with E-state index >= 15 is 0 Å². The van der Waals surface area contributed by atoms with Gasteiger partial charge < -0.3 is 20.7 Å². The molecule has 2 rings (SSSR count). The van der Waals surface area contributed by atoms with Crippen LogP contribution in [0.25, 0.3) is 0 Å². The number of aromatic nitrogens is 2. The molecular formula is C10H12FN3O4. The molecule has 1 aliphatic rings. The Kier molecular flexibility index (Phi) is 2.74. The van der Waals surface area contributed by atoms with E-state index in [1.807, 2.05) is 0 Å². The SMILES string of the molecule is CC1(F)C(O)=C(CO)O[C@H]1n1ccc(N)nc1=O. The minimum absolute atomic E-state index is 0.00521. The van der Waals surface area contributed by atoms with E-state index in [0.29, 0.717) is 0 Å². The van der Waals surface area contributed by atoms with Crippen molar-refractivity contribution in [3.63, 3.8) is 0 Å². The Balaban J connectivity index is 2.46. The van der Waals surface area contributed by atoms with Crippen LogP contribution in [0.4, 0.5) is 10.2 Å². The molecule has 1 unspecified atom stereocenters. The molecule has 0 fully saturated rings. The lowest BCUT2D eigenvalue weighted by Gasteiger charge is -2.23. The highest BCUT2D eigenvalue weighted by Gasteiger charge is 2.50. The standard InChI is InChI=1S/C10H12FN3O4/c1-10(11)7(16)5(4-15)18-8(10)14-3-2-6(12)13-9(14)17/h2-3,8,15-16H,4H2,1H3,(H2,12,13,17)/t8-,10?/m1/s1. The number of rotatable bonds is 2. The Hall–Kier alpha value is -2.09. The normalized spacial score (nSPS) is 27.4. The molecule has 0 bridgehead atoms. The maximum atomic E-state index is 14.3. The molecular weight excluding hydrogens is 245 g/mol. The van der Waals surface area contributed by atoms with Gasteiger partial charge in [-0.2, -0.15) is 4.98 Å². The first-order valence-corrected chi connectivity index (χ1v) is 5.11. The molecule has 0 amide bonds. The molecule has 98 valence electrons. The summed E-state index contributed by atoms with van der Waals surface area (Å²) in [6.07, 6.45) is -0.221. The minimum atomic E-state index is -2.33. The first-order chi connectivity index (χ1) is 8.37. The van der Waals surface area contributed by atoms with Crippen LogP contribution < -0.4 is 11.4 Å². The molecule has 8 heteroatoms. The van der Waals surface area contributed by atoms with Crippen LogP contribution in [0.15, 0.2) is 28.6 Å². The average molecular weight is 257 g/mol. The molecule has 1 aliphatic heterocycles. The number of nitrogens with zero attached hydrogens (tertiary/aromatic N) is 2. The van der Waals surface area contributed by atoms with Gasteiger partial charge in [-0.25, -0.2) is 9.18 Å². The van der Waals surface area contributed by atoms with Gasteiger partial charge in [-0.3, -0.25) is 4.57 Å². The quantitative estimate of drug-likeness (QED) is 0.679. The summed E-state index contributed by atoms with van der Waals surface area (Å²) in [5.74, 6) is -1.05. The topological polar surface area (TPSA) is 111 Å². The molecule has 2 heterocycles. The average Bonchev–Trinajstić information content (AvgIpc) is 2.52. The molecule has 0 aromatic carbocycles. The van der Waals surface area contributed by atoms with Crippen molar-refractivity contribution in [3.05, 3.63) is 34.3 Å². The Labute approximate surface area is 101 Å². The van der Waals surface area contributed by atoms with E-state index in [-0.39, 0.29) is 11.6 Å². The fourth-order valence-corrected chi connectivity index (χ4v) is 1.73. The number of hydrogen-bond acceptors (Lipinski definition) is 6. The first kappa shape index (κ1) is 12.4. The third-order valence-electron chi connectivity index (χ3n) is 2.69. The predicted octanol–water partition coefficient (Wildman–Crippen LogP) is -0.156. The molecule has 4 N–H and O–H groups in total. The van der Waals surface area contributed by atoms with Crippen LogP contribution in [0.5, 0.6) is 0 Å².